The molecule has 1 N–H and O–H groups in total. The average molecular weight is 204 g/mol. The van der Waals surface area contributed by atoms with Crippen LogP contribution in [0, 0.1) is 10.8 Å². The van der Waals surface area contributed by atoms with Crippen LogP contribution in [0.15, 0.2) is 24.5 Å². The minimum atomic E-state index is 0.412. The summed E-state index contributed by atoms with van der Waals surface area (Å²) in [4.78, 5) is 4.12. The molecule has 1 heterocycles. The molecule has 1 aliphatic carbocycles. The number of rotatable bonds is 3. The van der Waals surface area contributed by atoms with Gasteiger partial charge in [-0.15, -0.1) is 0 Å². The SMILES string of the molecule is CC1(C)C(NCc2cccnc2)C1(C)C. The minimum absolute atomic E-state index is 0.412. The molecule has 1 fully saturated rings. The van der Waals surface area contributed by atoms with E-state index in [1.54, 1.807) is 0 Å². The van der Waals surface area contributed by atoms with E-state index in [0.29, 0.717) is 16.9 Å². The quantitative estimate of drug-likeness (QED) is 0.818. The zero-order valence-corrected chi connectivity index (χ0v) is 10.0. The van der Waals surface area contributed by atoms with Gasteiger partial charge in [0.1, 0.15) is 0 Å². The highest BCUT2D eigenvalue weighted by Crippen LogP contribution is 2.62. The maximum atomic E-state index is 4.12. The highest BCUT2D eigenvalue weighted by Gasteiger charge is 2.64. The summed E-state index contributed by atoms with van der Waals surface area (Å²) in [5, 5.41) is 3.61. The lowest BCUT2D eigenvalue weighted by Gasteiger charge is -2.05. The van der Waals surface area contributed by atoms with E-state index in [1.807, 2.05) is 18.5 Å². The molecular weight excluding hydrogens is 184 g/mol. The van der Waals surface area contributed by atoms with E-state index in [9.17, 15) is 0 Å². The summed E-state index contributed by atoms with van der Waals surface area (Å²) < 4.78 is 0. The fourth-order valence-electron chi connectivity index (χ4n) is 2.43. The lowest BCUT2D eigenvalue weighted by molar-refractivity contribution is 0.457. The lowest BCUT2D eigenvalue weighted by atomic mass is 10.0. The molecule has 0 unspecified atom stereocenters. The van der Waals surface area contributed by atoms with Gasteiger partial charge in [0.15, 0.2) is 0 Å². The summed E-state index contributed by atoms with van der Waals surface area (Å²) in [6, 6.07) is 4.72. The monoisotopic (exact) mass is 204 g/mol. The van der Waals surface area contributed by atoms with Crippen LogP contribution >= 0.6 is 0 Å². The van der Waals surface area contributed by atoms with Crippen molar-refractivity contribution in [3.05, 3.63) is 30.1 Å². The van der Waals surface area contributed by atoms with Crippen LogP contribution in [0.25, 0.3) is 0 Å². The van der Waals surface area contributed by atoms with Gasteiger partial charge in [-0.3, -0.25) is 4.98 Å². The van der Waals surface area contributed by atoms with Gasteiger partial charge in [0, 0.05) is 25.0 Å². The van der Waals surface area contributed by atoms with Gasteiger partial charge in [-0.05, 0) is 22.5 Å². The summed E-state index contributed by atoms with van der Waals surface area (Å²) in [6.45, 7) is 10.2. The fraction of sp³-hybridized carbons (Fsp3) is 0.615. The van der Waals surface area contributed by atoms with Crippen molar-refractivity contribution in [1.29, 1.82) is 0 Å². The molecule has 0 spiro atoms. The van der Waals surface area contributed by atoms with Crippen LogP contribution in [0.4, 0.5) is 0 Å². The molecule has 0 aliphatic heterocycles. The number of nitrogens with one attached hydrogen (secondary N) is 1. The topological polar surface area (TPSA) is 24.9 Å². The Labute approximate surface area is 92.1 Å². The maximum Gasteiger partial charge on any atom is 0.0312 e. The summed E-state index contributed by atoms with van der Waals surface area (Å²) in [7, 11) is 0. The summed E-state index contributed by atoms with van der Waals surface area (Å²) in [5.41, 5.74) is 2.08. The molecule has 2 heteroatoms. The molecule has 15 heavy (non-hydrogen) atoms. The van der Waals surface area contributed by atoms with Crippen molar-refractivity contribution in [2.75, 3.05) is 0 Å². The first-order chi connectivity index (χ1) is 6.96. The van der Waals surface area contributed by atoms with Crippen molar-refractivity contribution in [3.63, 3.8) is 0 Å². The van der Waals surface area contributed by atoms with E-state index in [2.05, 4.69) is 44.1 Å². The Morgan fingerprint density at radius 2 is 1.93 bits per heavy atom. The molecule has 2 nitrogen and oxygen atoms in total. The Morgan fingerprint density at radius 3 is 2.40 bits per heavy atom. The summed E-state index contributed by atoms with van der Waals surface area (Å²) in [6.07, 6.45) is 3.74. The molecule has 1 aliphatic rings. The first kappa shape index (κ1) is 10.6. The van der Waals surface area contributed by atoms with Crippen molar-refractivity contribution in [3.8, 4) is 0 Å². The van der Waals surface area contributed by atoms with E-state index in [-0.39, 0.29) is 0 Å². The van der Waals surface area contributed by atoms with Gasteiger partial charge < -0.3 is 5.32 Å². The molecule has 0 saturated heterocycles. The number of hydrogen-bond donors (Lipinski definition) is 1. The third-order valence-corrected chi connectivity index (χ3v) is 4.25. The van der Waals surface area contributed by atoms with Crippen LogP contribution in [0.5, 0.6) is 0 Å². The van der Waals surface area contributed by atoms with Gasteiger partial charge in [-0.1, -0.05) is 33.8 Å². The van der Waals surface area contributed by atoms with Crippen LogP contribution in [-0.2, 0) is 6.54 Å². The number of pyridine rings is 1. The number of nitrogens with zero attached hydrogens (tertiary/aromatic N) is 1. The Bertz CT molecular complexity index is 327. The third kappa shape index (κ3) is 1.67. The van der Waals surface area contributed by atoms with E-state index < -0.39 is 0 Å². The molecule has 0 atom stereocenters. The fourth-order valence-corrected chi connectivity index (χ4v) is 2.43. The predicted molar refractivity (Wildman–Crippen MR) is 62.4 cm³/mol. The van der Waals surface area contributed by atoms with Crippen LogP contribution in [-0.4, -0.2) is 11.0 Å². The maximum absolute atomic E-state index is 4.12. The molecule has 1 saturated carbocycles. The van der Waals surface area contributed by atoms with Gasteiger partial charge in [-0.25, -0.2) is 0 Å². The highest BCUT2D eigenvalue weighted by molar-refractivity contribution is 5.19. The lowest BCUT2D eigenvalue weighted by Crippen LogP contribution is -2.21. The van der Waals surface area contributed by atoms with Crippen molar-refractivity contribution in [1.82, 2.24) is 10.3 Å². The van der Waals surface area contributed by atoms with Gasteiger partial charge >= 0.3 is 0 Å². The molecule has 2 rings (SSSR count). The second-order valence-electron chi connectivity index (χ2n) is 5.62. The minimum Gasteiger partial charge on any atom is -0.309 e. The average Bonchev–Trinajstić information content (AvgIpc) is 2.57. The first-order valence-corrected chi connectivity index (χ1v) is 5.58. The van der Waals surface area contributed by atoms with E-state index in [1.165, 1.54) is 5.56 Å². The third-order valence-electron chi connectivity index (χ3n) is 4.25. The van der Waals surface area contributed by atoms with Crippen molar-refractivity contribution < 1.29 is 0 Å². The van der Waals surface area contributed by atoms with Crippen LogP contribution in [0.2, 0.25) is 0 Å². The van der Waals surface area contributed by atoms with Gasteiger partial charge in [0.2, 0.25) is 0 Å². The van der Waals surface area contributed by atoms with Crippen LogP contribution < -0.4 is 5.32 Å². The number of hydrogen-bond acceptors (Lipinski definition) is 2. The molecule has 0 aromatic carbocycles. The standard InChI is InChI=1S/C13H20N2/c1-12(2)11(13(12,3)4)15-9-10-6-5-7-14-8-10/h5-8,11,15H,9H2,1-4H3. The molecule has 82 valence electrons. The Morgan fingerprint density at radius 1 is 1.27 bits per heavy atom. The molecule has 1 aromatic heterocycles. The van der Waals surface area contributed by atoms with E-state index in [0.717, 1.165) is 6.54 Å². The van der Waals surface area contributed by atoms with Crippen molar-refractivity contribution >= 4 is 0 Å². The first-order valence-electron chi connectivity index (χ1n) is 5.58. The van der Waals surface area contributed by atoms with Gasteiger partial charge in [0.25, 0.3) is 0 Å². The second-order valence-corrected chi connectivity index (χ2v) is 5.62. The Hall–Kier alpha value is -0.890. The largest absolute Gasteiger partial charge is 0.309 e. The Kier molecular flexibility index (Phi) is 2.34. The zero-order valence-electron chi connectivity index (χ0n) is 10.0. The van der Waals surface area contributed by atoms with Crippen molar-refractivity contribution in [2.45, 2.75) is 40.3 Å². The van der Waals surface area contributed by atoms with Gasteiger partial charge in [0.05, 0.1) is 0 Å². The van der Waals surface area contributed by atoms with Gasteiger partial charge in [-0.2, -0.15) is 0 Å². The zero-order chi connectivity index (χ0) is 11.1. The molecular formula is C13H20N2. The van der Waals surface area contributed by atoms with Crippen molar-refractivity contribution in [2.24, 2.45) is 10.8 Å². The van der Waals surface area contributed by atoms with Crippen LogP contribution in [0.3, 0.4) is 0 Å². The highest BCUT2D eigenvalue weighted by atomic mass is 15.0. The smallest absolute Gasteiger partial charge is 0.0312 e. The normalized spacial score (nSPS) is 22.7. The molecule has 1 aromatic rings. The predicted octanol–water partition coefficient (Wildman–Crippen LogP) is 2.61. The summed E-state index contributed by atoms with van der Waals surface area (Å²) >= 11 is 0. The molecule has 0 amide bonds. The number of aromatic nitrogens is 1. The second kappa shape index (κ2) is 3.31. The Balaban J connectivity index is 1.92. The molecule has 0 radical (unpaired) electrons. The van der Waals surface area contributed by atoms with Crippen LogP contribution in [0.1, 0.15) is 33.3 Å². The van der Waals surface area contributed by atoms with E-state index in [4.69, 9.17) is 0 Å². The molecule has 0 bridgehead atoms. The van der Waals surface area contributed by atoms with E-state index >= 15 is 0 Å². The summed E-state index contributed by atoms with van der Waals surface area (Å²) in [5.74, 6) is 0.